The van der Waals surface area contributed by atoms with E-state index in [-0.39, 0.29) is 36.9 Å². The van der Waals surface area contributed by atoms with Gasteiger partial charge >= 0.3 is 35.5 Å². The Hall–Kier alpha value is -0.390. The normalized spacial score (nSPS) is 8.10. The van der Waals surface area contributed by atoms with Gasteiger partial charge in [0.1, 0.15) is 6.20 Å². The third-order valence-electron chi connectivity index (χ3n) is 0.641. The SMILES string of the molecule is CC(=O)Oc1cn[nH]n1.[H-].[Na+]. The zero-order valence-corrected chi connectivity index (χ0v) is 7.79. The zero-order chi connectivity index (χ0) is 6.69. The molecular weight excluding hydrogens is 145 g/mol. The maximum absolute atomic E-state index is 10.2. The quantitative estimate of drug-likeness (QED) is 0.340. The Morgan fingerprint density at radius 1 is 1.90 bits per heavy atom. The number of carbonyl (C=O) groups is 1. The first-order valence-electron chi connectivity index (χ1n) is 2.33. The number of carbonyl (C=O) groups excluding carboxylic acids is 1. The molecule has 1 rings (SSSR count). The van der Waals surface area contributed by atoms with E-state index in [4.69, 9.17) is 0 Å². The minimum absolute atomic E-state index is 0. The minimum atomic E-state index is -0.399. The molecule has 5 nitrogen and oxygen atoms in total. The standard InChI is InChI=1S/C4H5N3O2.Na.H/c1-3(8)9-4-2-5-7-6-4;;/h2H,1H3,(H,5,6,7);;/q;+1;-1. The summed E-state index contributed by atoms with van der Waals surface area (Å²) in [5, 5.41) is 9.20. The summed E-state index contributed by atoms with van der Waals surface area (Å²) in [5.74, 6) is -0.202. The fourth-order valence-electron chi connectivity index (χ4n) is 0.388. The molecular formula is C4H6N3NaO2. The largest absolute Gasteiger partial charge is 1.00 e. The predicted octanol–water partition coefficient (Wildman–Crippen LogP) is -3.15. The zero-order valence-electron chi connectivity index (χ0n) is 6.79. The van der Waals surface area contributed by atoms with Gasteiger partial charge < -0.3 is 6.16 Å². The van der Waals surface area contributed by atoms with E-state index in [0.717, 1.165) is 0 Å². The first-order chi connectivity index (χ1) is 4.29. The second-order valence-electron chi connectivity index (χ2n) is 1.40. The first kappa shape index (κ1) is 9.61. The monoisotopic (exact) mass is 151 g/mol. The smallest absolute Gasteiger partial charge is 1.00 e. The van der Waals surface area contributed by atoms with Crippen molar-refractivity contribution in [1.29, 1.82) is 0 Å². The van der Waals surface area contributed by atoms with Crippen molar-refractivity contribution in [2.75, 3.05) is 0 Å². The number of hydrogen-bond acceptors (Lipinski definition) is 4. The minimum Gasteiger partial charge on any atom is -1.00 e. The van der Waals surface area contributed by atoms with Crippen LogP contribution in [0.1, 0.15) is 8.35 Å². The Bertz CT molecular complexity index is 203. The maximum Gasteiger partial charge on any atom is 1.00 e. The van der Waals surface area contributed by atoms with Gasteiger partial charge in [-0.3, -0.25) is 4.79 Å². The molecule has 0 unspecified atom stereocenters. The molecule has 0 saturated carbocycles. The fraction of sp³-hybridized carbons (Fsp3) is 0.250. The molecule has 0 fully saturated rings. The molecule has 0 aliphatic heterocycles. The van der Waals surface area contributed by atoms with E-state index >= 15 is 0 Å². The molecule has 0 spiro atoms. The second kappa shape index (κ2) is 4.43. The van der Waals surface area contributed by atoms with Gasteiger partial charge in [0, 0.05) is 6.92 Å². The molecule has 1 aromatic rings. The van der Waals surface area contributed by atoms with Crippen LogP contribution in [0, 0.1) is 0 Å². The molecule has 0 aliphatic rings. The Balaban J connectivity index is 0. The topological polar surface area (TPSA) is 67.9 Å². The molecule has 10 heavy (non-hydrogen) atoms. The van der Waals surface area contributed by atoms with Crippen molar-refractivity contribution in [1.82, 2.24) is 15.4 Å². The van der Waals surface area contributed by atoms with Crippen molar-refractivity contribution >= 4 is 5.97 Å². The van der Waals surface area contributed by atoms with E-state index < -0.39 is 5.97 Å². The van der Waals surface area contributed by atoms with Crippen LogP contribution in [0.2, 0.25) is 0 Å². The first-order valence-corrected chi connectivity index (χ1v) is 2.33. The number of aromatic nitrogens is 3. The molecule has 0 atom stereocenters. The van der Waals surface area contributed by atoms with Crippen molar-refractivity contribution in [3.63, 3.8) is 0 Å². The van der Waals surface area contributed by atoms with Gasteiger partial charge in [-0.05, 0) is 0 Å². The maximum atomic E-state index is 10.2. The molecule has 0 radical (unpaired) electrons. The Kier molecular flexibility index (Phi) is 4.26. The van der Waals surface area contributed by atoms with Crippen LogP contribution >= 0.6 is 0 Å². The number of nitrogens with one attached hydrogen (secondary N) is 1. The van der Waals surface area contributed by atoms with E-state index in [1.54, 1.807) is 0 Å². The average molecular weight is 151 g/mol. The van der Waals surface area contributed by atoms with Gasteiger partial charge in [0.25, 0.3) is 5.88 Å². The summed E-state index contributed by atoms with van der Waals surface area (Å²) in [6.45, 7) is 1.30. The van der Waals surface area contributed by atoms with Crippen molar-refractivity contribution in [3.05, 3.63) is 6.20 Å². The molecule has 0 aromatic carbocycles. The summed E-state index contributed by atoms with van der Waals surface area (Å²) in [6, 6.07) is 0. The van der Waals surface area contributed by atoms with E-state index in [2.05, 4.69) is 20.1 Å². The summed E-state index contributed by atoms with van der Waals surface area (Å²) in [7, 11) is 0. The van der Waals surface area contributed by atoms with Crippen molar-refractivity contribution in [3.8, 4) is 5.88 Å². The van der Waals surface area contributed by atoms with E-state index in [1.807, 2.05) is 0 Å². The molecule has 6 heteroatoms. The van der Waals surface area contributed by atoms with Crippen LogP contribution < -0.4 is 34.3 Å². The molecule has 0 saturated heterocycles. The number of esters is 1. The summed E-state index contributed by atoms with van der Waals surface area (Å²) in [5.41, 5.74) is 0. The summed E-state index contributed by atoms with van der Waals surface area (Å²) in [6.07, 6.45) is 1.32. The number of nitrogens with zero attached hydrogens (tertiary/aromatic N) is 2. The van der Waals surface area contributed by atoms with Crippen LogP contribution in [0.15, 0.2) is 6.20 Å². The Labute approximate surface area is 80.9 Å². The third kappa shape index (κ3) is 2.95. The third-order valence-corrected chi connectivity index (χ3v) is 0.641. The number of hydrogen-bond donors (Lipinski definition) is 1. The van der Waals surface area contributed by atoms with Crippen molar-refractivity contribution in [2.45, 2.75) is 6.92 Å². The molecule has 1 heterocycles. The van der Waals surface area contributed by atoms with Crippen LogP contribution in [0.25, 0.3) is 0 Å². The molecule has 1 N–H and O–H groups in total. The Morgan fingerprint density at radius 2 is 2.60 bits per heavy atom. The van der Waals surface area contributed by atoms with Crippen LogP contribution in [0.5, 0.6) is 5.88 Å². The van der Waals surface area contributed by atoms with Crippen molar-refractivity contribution in [2.24, 2.45) is 0 Å². The molecule has 0 aliphatic carbocycles. The van der Waals surface area contributed by atoms with E-state index in [1.165, 1.54) is 13.1 Å². The summed E-state index contributed by atoms with van der Waals surface area (Å²) >= 11 is 0. The summed E-state index contributed by atoms with van der Waals surface area (Å²) < 4.78 is 4.51. The molecule has 0 bridgehead atoms. The fourth-order valence-corrected chi connectivity index (χ4v) is 0.388. The number of rotatable bonds is 1. The molecule has 50 valence electrons. The summed E-state index contributed by atoms with van der Waals surface area (Å²) in [4.78, 5) is 10.2. The van der Waals surface area contributed by atoms with Gasteiger partial charge in [0.05, 0.1) is 0 Å². The van der Waals surface area contributed by atoms with Crippen LogP contribution in [-0.4, -0.2) is 21.4 Å². The number of ether oxygens (including phenoxy) is 1. The number of H-pyrrole nitrogens is 1. The number of aromatic amines is 1. The van der Waals surface area contributed by atoms with Gasteiger partial charge in [-0.25, -0.2) is 0 Å². The van der Waals surface area contributed by atoms with Crippen molar-refractivity contribution < 1.29 is 40.5 Å². The van der Waals surface area contributed by atoms with Gasteiger partial charge in [0.15, 0.2) is 0 Å². The van der Waals surface area contributed by atoms with E-state index in [0.29, 0.717) is 0 Å². The predicted molar refractivity (Wildman–Crippen MR) is 28.8 cm³/mol. The van der Waals surface area contributed by atoms with Gasteiger partial charge in [0.2, 0.25) is 0 Å². The van der Waals surface area contributed by atoms with Gasteiger partial charge in [-0.2, -0.15) is 10.3 Å². The van der Waals surface area contributed by atoms with Gasteiger partial charge in [-0.15, -0.1) is 5.10 Å². The second-order valence-corrected chi connectivity index (χ2v) is 1.40. The van der Waals surface area contributed by atoms with Crippen LogP contribution in [0.4, 0.5) is 0 Å². The molecule has 0 amide bonds. The Morgan fingerprint density at radius 3 is 3.00 bits per heavy atom. The average Bonchev–Trinajstić information content (AvgIpc) is 2.15. The van der Waals surface area contributed by atoms with E-state index in [9.17, 15) is 4.79 Å². The molecule has 1 aromatic heterocycles. The van der Waals surface area contributed by atoms with Crippen LogP contribution in [-0.2, 0) is 4.79 Å². The van der Waals surface area contributed by atoms with Gasteiger partial charge in [-0.1, -0.05) is 0 Å². The van der Waals surface area contributed by atoms with Crippen LogP contribution in [0.3, 0.4) is 0 Å².